The van der Waals surface area contributed by atoms with Crippen LogP contribution >= 0.6 is 0 Å². The first-order valence-corrected chi connectivity index (χ1v) is 9.37. The molecular formula is C20H18N6O5. The van der Waals surface area contributed by atoms with Gasteiger partial charge in [-0.1, -0.05) is 0 Å². The summed E-state index contributed by atoms with van der Waals surface area (Å²) >= 11 is 0. The number of amides is 1. The highest BCUT2D eigenvalue weighted by molar-refractivity contribution is 6.06. The molecule has 0 radical (unpaired) electrons. The van der Waals surface area contributed by atoms with Gasteiger partial charge in [-0.15, -0.1) is 0 Å². The number of carbonyl (C=O) groups is 1. The first kappa shape index (κ1) is 20.0. The van der Waals surface area contributed by atoms with Crippen LogP contribution in [-0.4, -0.2) is 29.6 Å². The topological polar surface area (TPSA) is 141 Å². The van der Waals surface area contributed by atoms with Gasteiger partial charge in [-0.05, 0) is 31.2 Å². The van der Waals surface area contributed by atoms with E-state index in [2.05, 4.69) is 15.3 Å². The van der Waals surface area contributed by atoms with E-state index in [4.69, 9.17) is 0 Å². The van der Waals surface area contributed by atoms with Crippen molar-refractivity contribution < 1.29 is 4.79 Å². The van der Waals surface area contributed by atoms with Gasteiger partial charge in [0.2, 0.25) is 0 Å². The minimum absolute atomic E-state index is 0.172. The van der Waals surface area contributed by atoms with Crippen LogP contribution < -0.4 is 27.8 Å². The summed E-state index contributed by atoms with van der Waals surface area (Å²) in [4.78, 5) is 68.2. The number of pyridine rings is 1. The number of nitrogens with zero attached hydrogens (tertiary/aromatic N) is 4. The average molecular weight is 422 g/mol. The number of carbonyl (C=O) groups excluding carboxylic acids is 1. The molecule has 0 aliphatic heterocycles. The molecule has 0 spiro atoms. The van der Waals surface area contributed by atoms with E-state index in [1.54, 1.807) is 6.92 Å². The Morgan fingerprint density at radius 3 is 2.48 bits per heavy atom. The first-order valence-electron chi connectivity index (χ1n) is 9.37. The highest BCUT2D eigenvalue weighted by Gasteiger charge is 2.14. The second-order valence-electron chi connectivity index (χ2n) is 6.99. The molecule has 4 aromatic rings. The normalized spacial score (nSPS) is 11.2. The maximum atomic E-state index is 12.7. The number of fused-ring (bicyclic) bond motifs is 2. The fourth-order valence-electron chi connectivity index (χ4n) is 3.42. The summed E-state index contributed by atoms with van der Waals surface area (Å²) in [6.45, 7) is 1.92. The highest BCUT2D eigenvalue weighted by Crippen LogP contribution is 2.15. The van der Waals surface area contributed by atoms with Gasteiger partial charge in [0.15, 0.2) is 0 Å². The SMILES string of the molecule is CCn1c(=O)[nH]c2cc(C(=O)Nc3cnc4c(c3)c(=O)n(C)c(=O)n4C)ccc2c1=O. The van der Waals surface area contributed by atoms with E-state index in [-0.39, 0.29) is 39.7 Å². The van der Waals surface area contributed by atoms with Crippen LogP contribution in [0.2, 0.25) is 0 Å². The number of aromatic nitrogens is 5. The van der Waals surface area contributed by atoms with E-state index in [0.717, 1.165) is 9.13 Å². The third kappa shape index (κ3) is 3.16. The van der Waals surface area contributed by atoms with Crippen molar-refractivity contribution in [1.82, 2.24) is 23.7 Å². The van der Waals surface area contributed by atoms with Crippen molar-refractivity contribution in [1.29, 1.82) is 0 Å². The molecule has 2 N–H and O–H groups in total. The molecule has 0 aliphatic rings. The van der Waals surface area contributed by atoms with E-state index in [1.165, 1.54) is 49.1 Å². The largest absolute Gasteiger partial charge is 0.332 e. The van der Waals surface area contributed by atoms with Gasteiger partial charge in [0, 0.05) is 26.2 Å². The van der Waals surface area contributed by atoms with Crippen molar-refractivity contribution in [2.45, 2.75) is 13.5 Å². The summed E-state index contributed by atoms with van der Waals surface area (Å²) in [5, 5.41) is 3.09. The fourth-order valence-corrected chi connectivity index (χ4v) is 3.42. The summed E-state index contributed by atoms with van der Waals surface area (Å²) in [6, 6.07) is 5.78. The lowest BCUT2D eigenvalue weighted by Crippen LogP contribution is -2.37. The third-order valence-corrected chi connectivity index (χ3v) is 5.11. The zero-order chi connectivity index (χ0) is 22.4. The molecule has 31 heavy (non-hydrogen) atoms. The van der Waals surface area contributed by atoms with Crippen molar-refractivity contribution in [3.05, 3.63) is 77.7 Å². The molecule has 0 saturated heterocycles. The van der Waals surface area contributed by atoms with E-state index >= 15 is 0 Å². The van der Waals surface area contributed by atoms with Crippen LogP contribution in [-0.2, 0) is 20.6 Å². The Hall–Kier alpha value is -4.28. The van der Waals surface area contributed by atoms with Gasteiger partial charge >= 0.3 is 11.4 Å². The number of nitrogens with one attached hydrogen (secondary N) is 2. The van der Waals surface area contributed by atoms with E-state index < -0.39 is 28.4 Å². The molecule has 4 rings (SSSR count). The predicted octanol–water partition coefficient (Wildman–Crippen LogP) is -0.0924. The Kier molecular flexibility index (Phi) is 4.65. The summed E-state index contributed by atoms with van der Waals surface area (Å²) in [5.74, 6) is -0.523. The number of H-pyrrole nitrogens is 1. The summed E-state index contributed by atoms with van der Waals surface area (Å²) in [7, 11) is 2.86. The van der Waals surface area contributed by atoms with Crippen LogP contribution in [0.4, 0.5) is 5.69 Å². The summed E-state index contributed by atoms with van der Waals surface area (Å²) in [5.41, 5.74) is -1.14. The van der Waals surface area contributed by atoms with Gasteiger partial charge in [-0.25, -0.2) is 14.6 Å². The lowest BCUT2D eigenvalue weighted by atomic mass is 10.1. The number of anilines is 1. The lowest BCUT2D eigenvalue weighted by molar-refractivity contribution is 0.102. The second-order valence-corrected chi connectivity index (χ2v) is 6.99. The molecule has 158 valence electrons. The number of hydrogen-bond acceptors (Lipinski definition) is 6. The van der Waals surface area contributed by atoms with E-state index in [1.807, 2.05) is 0 Å². The van der Waals surface area contributed by atoms with E-state index in [9.17, 15) is 24.0 Å². The average Bonchev–Trinajstić information content (AvgIpc) is 2.76. The lowest BCUT2D eigenvalue weighted by Gasteiger charge is -2.10. The van der Waals surface area contributed by atoms with E-state index in [0.29, 0.717) is 0 Å². The molecule has 3 aromatic heterocycles. The maximum absolute atomic E-state index is 12.7. The molecule has 0 bridgehead atoms. The van der Waals surface area contributed by atoms with Gasteiger partial charge in [0.05, 0.1) is 28.2 Å². The standard InChI is InChI=1S/C20H18N6O5/c1-4-26-18(29)12-6-5-10(7-14(12)23-19(26)30)16(27)22-11-8-13-15(21-9-11)24(2)20(31)25(3)17(13)28/h5-9H,4H2,1-3H3,(H,22,27)(H,23,30). The molecule has 3 heterocycles. The molecule has 11 nitrogen and oxygen atoms in total. The van der Waals surface area contributed by atoms with Crippen LogP contribution in [0.3, 0.4) is 0 Å². The minimum Gasteiger partial charge on any atom is -0.321 e. The van der Waals surface area contributed by atoms with Crippen LogP contribution in [0.15, 0.2) is 49.6 Å². The van der Waals surface area contributed by atoms with Crippen molar-refractivity contribution in [2.75, 3.05) is 5.32 Å². The molecular weight excluding hydrogens is 404 g/mol. The fraction of sp³-hybridized carbons (Fsp3) is 0.200. The smallest absolute Gasteiger partial charge is 0.321 e. The first-order chi connectivity index (χ1) is 14.7. The monoisotopic (exact) mass is 422 g/mol. The molecule has 0 saturated carbocycles. The second kappa shape index (κ2) is 7.20. The molecule has 0 atom stereocenters. The van der Waals surface area contributed by atoms with Crippen molar-refractivity contribution in [3.63, 3.8) is 0 Å². The molecule has 11 heteroatoms. The zero-order valence-electron chi connectivity index (χ0n) is 16.9. The Balaban J connectivity index is 1.74. The third-order valence-electron chi connectivity index (χ3n) is 5.11. The Morgan fingerprint density at radius 1 is 1.03 bits per heavy atom. The molecule has 1 aromatic carbocycles. The number of rotatable bonds is 3. The number of hydrogen-bond donors (Lipinski definition) is 2. The van der Waals surface area contributed by atoms with Crippen LogP contribution in [0.1, 0.15) is 17.3 Å². The number of benzene rings is 1. The molecule has 0 fully saturated rings. The van der Waals surface area contributed by atoms with Gasteiger partial charge in [-0.2, -0.15) is 0 Å². The number of aromatic amines is 1. The van der Waals surface area contributed by atoms with Gasteiger partial charge in [0.1, 0.15) is 5.65 Å². The summed E-state index contributed by atoms with van der Waals surface area (Å²) in [6.07, 6.45) is 1.34. The molecule has 0 aliphatic carbocycles. The van der Waals surface area contributed by atoms with Crippen LogP contribution in [0.5, 0.6) is 0 Å². The van der Waals surface area contributed by atoms with Crippen LogP contribution in [0.25, 0.3) is 21.9 Å². The zero-order valence-corrected chi connectivity index (χ0v) is 16.9. The highest BCUT2D eigenvalue weighted by atomic mass is 16.2. The quantitative estimate of drug-likeness (QED) is 0.473. The summed E-state index contributed by atoms with van der Waals surface area (Å²) < 4.78 is 3.26. The Morgan fingerprint density at radius 2 is 1.77 bits per heavy atom. The van der Waals surface area contributed by atoms with Crippen molar-refractivity contribution in [2.24, 2.45) is 14.1 Å². The maximum Gasteiger partial charge on any atom is 0.332 e. The minimum atomic E-state index is -0.558. The Labute approximate surface area is 173 Å². The van der Waals surface area contributed by atoms with Crippen molar-refractivity contribution in [3.8, 4) is 0 Å². The van der Waals surface area contributed by atoms with Gasteiger partial charge in [-0.3, -0.25) is 28.1 Å². The van der Waals surface area contributed by atoms with Crippen LogP contribution in [0, 0.1) is 0 Å². The van der Waals surface area contributed by atoms with Crippen molar-refractivity contribution >= 4 is 33.5 Å². The predicted molar refractivity (Wildman–Crippen MR) is 115 cm³/mol. The number of aryl methyl sites for hydroxylation is 1. The molecule has 0 unspecified atom stereocenters. The van der Waals surface area contributed by atoms with Gasteiger partial charge < -0.3 is 10.3 Å². The molecule has 1 amide bonds. The Bertz CT molecular complexity index is 1620. The van der Waals surface area contributed by atoms with Gasteiger partial charge in [0.25, 0.3) is 17.0 Å².